The molecule has 0 unspecified atom stereocenters. The average molecular weight is 598 g/mol. The number of nitrogens with two attached hydrogens (primary N) is 1. The van der Waals surface area contributed by atoms with Crippen molar-refractivity contribution >= 4 is 45.2 Å². The van der Waals surface area contributed by atoms with Crippen molar-refractivity contribution in [3.8, 4) is 5.75 Å². The highest BCUT2D eigenvalue weighted by atomic mass is 35.5. The SMILES string of the molecule is N=C(N)c1cccc(C=CCN(c2ccc(OC3CCN(Cc4cccnc4)CC3)c(Cl)c2)S(=O)(=O)CC(=O)O)c1. The number of nitrogen functional groups attached to an aromatic ring is 1. The number of pyridine rings is 1. The van der Waals surface area contributed by atoms with E-state index >= 15 is 0 Å². The highest BCUT2D eigenvalue weighted by molar-refractivity contribution is 7.93. The molecule has 0 aliphatic carbocycles. The molecule has 41 heavy (non-hydrogen) atoms. The molecule has 10 nitrogen and oxygen atoms in total. The number of aromatic nitrogens is 1. The number of amidine groups is 1. The fraction of sp³-hybridized carbons (Fsp3) is 0.276. The lowest BCUT2D eigenvalue weighted by atomic mass is 10.1. The molecule has 2 heterocycles. The predicted octanol–water partition coefficient (Wildman–Crippen LogP) is 4.00. The topological polar surface area (TPSA) is 150 Å². The Labute approximate surface area is 244 Å². The van der Waals surface area contributed by atoms with Crippen LogP contribution < -0.4 is 14.8 Å². The van der Waals surface area contributed by atoms with Gasteiger partial charge in [0.1, 0.15) is 17.7 Å². The first-order chi connectivity index (χ1) is 19.6. The van der Waals surface area contributed by atoms with Gasteiger partial charge in [-0.25, -0.2) is 8.42 Å². The number of rotatable bonds is 12. The Hall–Kier alpha value is -3.93. The Morgan fingerprint density at radius 3 is 2.63 bits per heavy atom. The van der Waals surface area contributed by atoms with Gasteiger partial charge in [0.05, 0.1) is 17.3 Å². The van der Waals surface area contributed by atoms with Crippen molar-refractivity contribution in [2.75, 3.05) is 29.7 Å². The van der Waals surface area contributed by atoms with Gasteiger partial charge in [-0.2, -0.15) is 0 Å². The first kappa shape index (κ1) is 30.0. The summed E-state index contributed by atoms with van der Waals surface area (Å²) in [6, 6.07) is 15.5. The smallest absolute Gasteiger partial charge is 0.320 e. The van der Waals surface area contributed by atoms with Gasteiger partial charge in [0.25, 0.3) is 0 Å². The first-order valence-corrected chi connectivity index (χ1v) is 15.0. The summed E-state index contributed by atoms with van der Waals surface area (Å²) in [4.78, 5) is 17.8. The third-order valence-electron chi connectivity index (χ3n) is 6.58. The lowest BCUT2D eigenvalue weighted by molar-refractivity contribution is -0.134. The predicted molar refractivity (Wildman–Crippen MR) is 160 cm³/mol. The number of halogens is 1. The van der Waals surface area contributed by atoms with Crippen LogP contribution in [0.3, 0.4) is 0 Å². The quantitative estimate of drug-likeness (QED) is 0.209. The van der Waals surface area contributed by atoms with E-state index in [1.165, 1.54) is 6.07 Å². The van der Waals surface area contributed by atoms with Gasteiger partial charge in [-0.1, -0.05) is 48.0 Å². The van der Waals surface area contributed by atoms with Crippen LogP contribution in [-0.2, 0) is 21.4 Å². The third-order valence-corrected chi connectivity index (χ3v) is 8.52. The number of hydrogen-bond donors (Lipinski definition) is 3. The zero-order valence-corrected chi connectivity index (χ0v) is 23.9. The zero-order valence-electron chi connectivity index (χ0n) is 22.3. The number of nitrogens with zero attached hydrogens (tertiary/aromatic N) is 3. The number of likely N-dealkylation sites (tertiary alicyclic amines) is 1. The van der Waals surface area contributed by atoms with Crippen LogP contribution in [0.5, 0.6) is 5.75 Å². The van der Waals surface area contributed by atoms with E-state index in [9.17, 15) is 18.3 Å². The number of ether oxygens (including phenoxy) is 1. The first-order valence-electron chi connectivity index (χ1n) is 13.0. The van der Waals surface area contributed by atoms with Gasteiger partial charge >= 0.3 is 5.97 Å². The van der Waals surface area contributed by atoms with Gasteiger partial charge in [0, 0.05) is 37.6 Å². The Morgan fingerprint density at radius 2 is 1.98 bits per heavy atom. The van der Waals surface area contributed by atoms with E-state index in [1.54, 1.807) is 54.7 Å². The van der Waals surface area contributed by atoms with Crippen LogP contribution in [0.4, 0.5) is 5.69 Å². The molecule has 4 N–H and O–H groups in total. The molecule has 0 radical (unpaired) electrons. The molecule has 2 aromatic carbocycles. The minimum Gasteiger partial charge on any atom is -0.489 e. The largest absolute Gasteiger partial charge is 0.489 e. The van der Waals surface area contributed by atoms with E-state index in [2.05, 4.69) is 16.0 Å². The van der Waals surface area contributed by atoms with Crippen molar-refractivity contribution in [3.05, 3.63) is 94.8 Å². The van der Waals surface area contributed by atoms with E-state index < -0.39 is 21.7 Å². The number of benzene rings is 2. The van der Waals surface area contributed by atoms with E-state index in [-0.39, 0.29) is 29.2 Å². The highest BCUT2D eigenvalue weighted by Gasteiger charge is 2.26. The second kappa shape index (κ2) is 13.6. The number of carboxylic acid groups (broad SMARTS) is 1. The fourth-order valence-corrected chi connectivity index (χ4v) is 6.00. The summed E-state index contributed by atoms with van der Waals surface area (Å²) < 4.78 is 33.1. The second-order valence-corrected chi connectivity index (χ2v) is 12.0. The monoisotopic (exact) mass is 597 g/mol. The number of sulfonamides is 1. The summed E-state index contributed by atoms with van der Waals surface area (Å²) >= 11 is 6.53. The van der Waals surface area contributed by atoms with Crippen molar-refractivity contribution in [1.82, 2.24) is 9.88 Å². The maximum absolute atomic E-state index is 13.0. The second-order valence-electron chi connectivity index (χ2n) is 9.69. The minimum absolute atomic E-state index is 0.0379. The van der Waals surface area contributed by atoms with E-state index in [1.807, 2.05) is 12.3 Å². The molecule has 216 valence electrons. The summed E-state index contributed by atoms with van der Waals surface area (Å²) in [5.74, 6) is -2.19. The summed E-state index contributed by atoms with van der Waals surface area (Å²) in [5.41, 5.74) is 8.17. The number of carbonyl (C=O) groups is 1. The lowest BCUT2D eigenvalue weighted by Crippen LogP contribution is -2.38. The average Bonchev–Trinajstić information content (AvgIpc) is 2.93. The molecule has 4 rings (SSSR count). The van der Waals surface area contributed by atoms with E-state index in [0.29, 0.717) is 16.9 Å². The van der Waals surface area contributed by atoms with Crippen LogP contribution >= 0.6 is 11.6 Å². The van der Waals surface area contributed by atoms with Crippen molar-refractivity contribution < 1.29 is 23.1 Å². The number of piperidine rings is 1. The van der Waals surface area contributed by atoms with Gasteiger partial charge in [-0.05, 0) is 54.3 Å². The molecule has 1 aliphatic heterocycles. The van der Waals surface area contributed by atoms with Crippen molar-refractivity contribution in [2.45, 2.75) is 25.5 Å². The molecule has 0 bridgehead atoms. The minimum atomic E-state index is -4.22. The zero-order chi connectivity index (χ0) is 29.4. The Balaban J connectivity index is 1.44. The fourth-order valence-electron chi connectivity index (χ4n) is 4.56. The molecule has 0 atom stereocenters. The maximum Gasteiger partial charge on any atom is 0.320 e. The summed E-state index contributed by atoms with van der Waals surface area (Å²) in [7, 11) is -4.22. The number of carboxylic acids is 1. The van der Waals surface area contributed by atoms with Gasteiger partial charge in [-0.15, -0.1) is 0 Å². The maximum atomic E-state index is 13.0. The van der Waals surface area contributed by atoms with E-state index in [4.69, 9.17) is 27.5 Å². The molecule has 1 aliphatic rings. The van der Waals surface area contributed by atoms with Crippen LogP contribution in [0.1, 0.15) is 29.5 Å². The molecule has 0 spiro atoms. The summed E-state index contributed by atoms with van der Waals surface area (Å²) in [5, 5.41) is 17.0. The van der Waals surface area contributed by atoms with Crippen molar-refractivity contribution in [1.29, 1.82) is 5.41 Å². The van der Waals surface area contributed by atoms with E-state index in [0.717, 1.165) is 42.3 Å². The molecular formula is C29H32ClN5O5S. The van der Waals surface area contributed by atoms with Gasteiger partial charge in [0.15, 0.2) is 5.75 Å². The molecule has 0 saturated carbocycles. The van der Waals surface area contributed by atoms with Crippen LogP contribution in [0, 0.1) is 5.41 Å². The molecule has 3 aromatic rings. The Morgan fingerprint density at radius 1 is 1.20 bits per heavy atom. The van der Waals surface area contributed by atoms with Crippen molar-refractivity contribution in [3.63, 3.8) is 0 Å². The molecule has 1 saturated heterocycles. The summed E-state index contributed by atoms with van der Waals surface area (Å²) in [6.45, 7) is 2.41. The van der Waals surface area contributed by atoms with Crippen LogP contribution in [0.2, 0.25) is 5.02 Å². The van der Waals surface area contributed by atoms with Crippen molar-refractivity contribution in [2.24, 2.45) is 5.73 Å². The number of hydrogen-bond acceptors (Lipinski definition) is 7. The van der Waals surface area contributed by atoms with Gasteiger partial charge in [0.2, 0.25) is 10.0 Å². The Kier molecular flexibility index (Phi) is 9.98. The van der Waals surface area contributed by atoms with Crippen LogP contribution in [0.25, 0.3) is 6.08 Å². The third kappa shape index (κ3) is 8.53. The molecule has 0 amide bonds. The van der Waals surface area contributed by atoms with Gasteiger partial charge in [-0.3, -0.25) is 24.4 Å². The van der Waals surface area contributed by atoms with Gasteiger partial charge < -0.3 is 15.6 Å². The van der Waals surface area contributed by atoms with Crippen LogP contribution in [0.15, 0.2) is 73.1 Å². The molecule has 1 aromatic heterocycles. The normalized spacial score (nSPS) is 14.7. The number of anilines is 1. The van der Waals surface area contributed by atoms with Crippen LogP contribution in [-0.4, -0.2) is 66.7 Å². The Bertz CT molecular complexity index is 1510. The lowest BCUT2D eigenvalue weighted by Gasteiger charge is -2.32. The standard InChI is InChI=1S/C29H32ClN5O5S/c30-26-17-24(8-9-27(26)40-25-10-14-34(15-11-25)19-22-5-2-12-33-18-22)35(41(38,39)20-28(36)37)13-3-6-21-4-1-7-23(16-21)29(31)32/h1-9,12,16-18,25H,10-11,13-15,19-20H2,(H3,31,32)(H,36,37). The molecule has 1 fully saturated rings. The highest BCUT2D eigenvalue weighted by Crippen LogP contribution is 2.33. The number of nitrogens with one attached hydrogen (secondary N) is 1. The molecule has 12 heteroatoms. The summed E-state index contributed by atoms with van der Waals surface area (Å²) in [6.07, 6.45) is 8.48. The molecular weight excluding hydrogens is 566 g/mol. The number of aliphatic carboxylic acids is 1.